The lowest BCUT2D eigenvalue weighted by Crippen LogP contribution is -2.02. The van der Waals surface area contributed by atoms with Crippen molar-refractivity contribution in [3.05, 3.63) is 224 Å². The summed E-state index contributed by atoms with van der Waals surface area (Å²) in [5.41, 5.74) is 16.3. The molecule has 0 atom stereocenters. The Morgan fingerprint density at radius 1 is 0.328 bits per heavy atom. The molecule has 0 saturated carbocycles. The first-order valence-electron chi connectivity index (χ1n) is 20.9. The molecule has 0 N–H and O–H groups in total. The van der Waals surface area contributed by atoms with E-state index >= 15 is 0 Å². The lowest BCUT2D eigenvalue weighted by atomic mass is 9.93. The van der Waals surface area contributed by atoms with Crippen LogP contribution >= 0.6 is 0 Å². The molecule has 2 heterocycles. The molecule has 0 spiro atoms. The highest BCUT2D eigenvalue weighted by Crippen LogP contribution is 2.43. The topological polar surface area (TPSA) is 43.6 Å². The van der Waals surface area contributed by atoms with Crippen LogP contribution < -0.4 is 0 Å². The van der Waals surface area contributed by atoms with E-state index in [1.807, 2.05) is 24.3 Å². The van der Waals surface area contributed by atoms with E-state index in [4.69, 9.17) is 15.0 Å². The van der Waals surface area contributed by atoms with Crippen LogP contribution in [0.2, 0.25) is 0 Å². The van der Waals surface area contributed by atoms with Gasteiger partial charge in [0.1, 0.15) is 0 Å². The molecule has 4 heteroatoms. The fourth-order valence-electron chi connectivity index (χ4n) is 8.75. The van der Waals surface area contributed by atoms with Gasteiger partial charge in [-0.05, 0) is 87.7 Å². The summed E-state index contributed by atoms with van der Waals surface area (Å²) in [6.45, 7) is 0. The lowest BCUT2D eigenvalue weighted by molar-refractivity contribution is 0.992. The second-order valence-electron chi connectivity index (χ2n) is 15.5. The fourth-order valence-corrected chi connectivity index (χ4v) is 8.75. The molecule has 2 aromatic heterocycles. The Hall–Kier alpha value is -7.95. The monoisotopic (exact) mass is 780 g/mol. The molecule has 8 aromatic carbocycles. The highest BCUT2D eigenvalue weighted by Gasteiger charge is 2.21. The van der Waals surface area contributed by atoms with E-state index in [9.17, 15) is 0 Å². The number of hydrogen-bond donors (Lipinski definition) is 0. The number of hydrogen-bond acceptors (Lipinski definition) is 3. The van der Waals surface area contributed by atoms with Crippen molar-refractivity contribution in [3.63, 3.8) is 0 Å². The standard InChI is InChI=1S/C57H40N4/c1-5-16-39(17-6-1)41-28-30-45(31-29-41)56-58-55(44-22-11-4-12-23-44)59-57(60-56)47-25-15-24-46(36-47)42-32-34-49(35-33-42)61-52-27-14-13-26-50(52)54-51(43-20-9-3-10-21-43)37-48(38-53(54)61)40-18-7-2-8-19-40/h1-32,34,36-38H,33,35H2. The van der Waals surface area contributed by atoms with E-state index in [1.165, 1.54) is 66.5 Å². The van der Waals surface area contributed by atoms with Gasteiger partial charge in [0.05, 0.1) is 11.0 Å². The zero-order valence-corrected chi connectivity index (χ0v) is 33.5. The van der Waals surface area contributed by atoms with E-state index in [1.54, 1.807) is 0 Å². The summed E-state index contributed by atoms with van der Waals surface area (Å²) in [6, 6.07) is 72.9. The molecule has 0 fully saturated rings. The maximum Gasteiger partial charge on any atom is 0.164 e. The smallest absolute Gasteiger partial charge is 0.164 e. The van der Waals surface area contributed by atoms with Crippen molar-refractivity contribution in [1.82, 2.24) is 19.5 Å². The van der Waals surface area contributed by atoms with Crippen molar-refractivity contribution in [3.8, 4) is 67.5 Å². The third kappa shape index (κ3) is 6.94. The Morgan fingerprint density at radius 2 is 0.820 bits per heavy atom. The normalized spacial score (nSPS) is 12.7. The van der Waals surface area contributed by atoms with Crippen LogP contribution in [0.25, 0.3) is 101 Å². The average molecular weight is 781 g/mol. The van der Waals surface area contributed by atoms with Gasteiger partial charge < -0.3 is 4.57 Å². The predicted molar refractivity (Wildman–Crippen MR) is 253 cm³/mol. The van der Waals surface area contributed by atoms with E-state index < -0.39 is 0 Å². The van der Waals surface area contributed by atoms with Crippen LogP contribution in [0.5, 0.6) is 0 Å². The molecule has 61 heavy (non-hydrogen) atoms. The van der Waals surface area contributed by atoms with Crippen molar-refractivity contribution < 1.29 is 0 Å². The minimum Gasteiger partial charge on any atom is -0.313 e. The molecule has 10 aromatic rings. The number of allylic oxidation sites excluding steroid dienone is 4. The van der Waals surface area contributed by atoms with Crippen LogP contribution in [0.4, 0.5) is 0 Å². The fraction of sp³-hybridized carbons (Fsp3) is 0.0351. The van der Waals surface area contributed by atoms with Crippen molar-refractivity contribution in [2.75, 3.05) is 0 Å². The number of aromatic nitrogens is 4. The van der Waals surface area contributed by atoms with E-state index in [0.717, 1.165) is 35.1 Å². The lowest BCUT2D eigenvalue weighted by Gasteiger charge is -2.19. The van der Waals surface area contributed by atoms with Gasteiger partial charge in [0.15, 0.2) is 17.5 Å². The van der Waals surface area contributed by atoms with Gasteiger partial charge in [-0.3, -0.25) is 0 Å². The second kappa shape index (κ2) is 15.7. The molecule has 4 nitrogen and oxygen atoms in total. The molecule has 1 aliphatic carbocycles. The van der Waals surface area contributed by atoms with Crippen LogP contribution in [0.15, 0.2) is 218 Å². The molecular weight excluding hydrogens is 741 g/mol. The highest BCUT2D eigenvalue weighted by atomic mass is 15.0. The van der Waals surface area contributed by atoms with E-state index in [0.29, 0.717) is 17.5 Å². The van der Waals surface area contributed by atoms with E-state index in [-0.39, 0.29) is 0 Å². The summed E-state index contributed by atoms with van der Waals surface area (Å²) in [5.74, 6) is 1.95. The summed E-state index contributed by atoms with van der Waals surface area (Å²) in [7, 11) is 0. The first kappa shape index (κ1) is 36.2. The zero-order valence-electron chi connectivity index (χ0n) is 33.5. The molecule has 0 aliphatic heterocycles. The van der Waals surface area contributed by atoms with Gasteiger partial charge in [-0.1, -0.05) is 188 Å². The quantitative estimate of drug-likeness (QED) is 0.154. The minimum absolute atomic E-state index is 0.648. The highest BCUT2D eigenvalue weighted by molar-refractivity contribution is 6.17. The summed E-state index contributed by atoms with van der Waals surface area (Å²) in [6.07, 6.45) is 6.43. The summed E-state index contributed by atoms with van der Waals surface area (Å²) < 4.78 is 2.50. The number of rotatable bonds is 8. The average Bonchev–Trinajstić information content (AvgIpc) is 3.69. The Kier molecular flexibility index (Phi) is 9.29. The molecule has 11 rings (SSSR count). The van der Waals surface area contributed by atoms with Gasteiger partial charge in [-0.15, -0.1) is 0 Å². The van der Waals surface area contributed by atoms with Crippen molar-refractivity contribution >= 4 is 33.1 Å². The van der Waals surface area contributed by atoms with E-state index in [2.05, 4.69) is 199 Å². The Balaban J connectivity index is 0.990. The van der Waals surface area contributed by atoms with Gasteiger partial charge in [-0.2, -0.15) is 0 Å². The number of nitrogens with zero attached hydrogens (tertiary/aromatic N) is 4. The Morgan fingerprint density at radius 3 is 1.46 bits per heavy atom. The number of fused-ring (bicyclic) bond motifs is 3. The molecule has 288 valence electrons. The summed E-state index contributed by atoms with van der Waals surface area (Å²) >= 11 is 0. The molecule has 0 saturated heterocycles. The summed E-state index contributed by atoms with van der Waals surface area (Å²) in [4.78, 5) is 15.1. The minimum atomic E-state index is 0.648. The zero-order chi connectivity index (χ0) is 40.5. The molecule has 0 bridgehead atoms. The van der Waals surface area contributed by atoms with Crippen LogP contribution in [0, 0.1) is 0 Å². The van der Waals surface area contributed by atoms with Gasteiger partial charge >= 0.3 is 0 Å². The molecule has 0 unspecified atom stereocenters. The predicted octanol–water partition coefficient (Wildman–Crippen LogP) is 14.7. The van der Waals surface area contributed by atoms with Gasteiger partial charge in [0, 0.05) is 33.2 Å². The summed E-state index contributed by atoms with van der Waals surface area (Å²) in [5, 5.41) is 2.54. The second-order valence-corrected chi connectivity index (χ2v) is 15.5. The largest absolute Gasteiger partial charge is 0.313 e. The van der Waals surface area contributed by atoms with Crippen LogP contribution in [0.3, 0.4) is 0 Å². The molecule has 1 aliphatic rings. The van der Waals surface area contributed by atoms with Gasteiger partial charge in [-0.25, -0.2) is 15.0 Å². The molecule has 0 radical (unpaired) electrons. The maximum atomic E-state index is 5.09. The molecule has 0 amide bonds. The van der Waals surface area contributed by atoms with Crippen LogP contribution in [-0.2, 0) is 0 Å². The SMILES string of the molecule is C1=C(c2cccc(-c3nc(-c4ccccc4)nc(-c4ccc(-c5ccccc5)cc4)n3)c2)CCC(n2c3ccccc3c3c(-c4ccccc4)cc(-c4ccccc4)cc32)=C1. The van der Waals surface area contributed by atoms with Crippen LogP contribution in [0.1, 0.15) is 18.4 Å². The Bertz CT molecular complexity index is 3260. The number of benzene rings is 8. The third-order valence-electron chi connectivity index (χ3n) is 11.8. The van der Waals surface area contributed by atoms with Crippen LogP contribution in [-0.4, -0.2) is 19.5 Å². The molecular formula is C57H40N4. The Labute approximate surface area is 355 Å². The first-order valence-corrected chi connectivity index (χ1v) is 20.9. The van der Waals surface area contributed by atoms with Gasteiger partial charge in [0.25, 0.3) is 0 Å². The first-order chi connectivity index (χ1) is 30.2. The van der Waals surface area contributed by atoms with Crippen molar-refractivity contribution in [2.24, 2.45) is 0 Å². The maximum absolute atomic E-state index is 5.09. The van der Waals surface area contributed by atoms with Gasteiger partial charge in [0.2, 0.25) is 0 Å². The number of para-hydroxylation sites is 1. The van der Waals surface area contributed by atoms with Crippen molar-refractivity contribution in [1.29, 1.82) is 0 Å². The third-order valence-corrected chi connectivity index (χ3v) is 11.8. The van der Waals surface area contributed by atoms with Crippen molar-refractivity contribution in [2.45, 2.75) is 12.8 Å².